The van der Waals surface area contributed by atoms with Crippen LogP contribution in [0.3, 0.4) is 0 Å². The molecule has 0 spiro atoms. The predicted molar refractivity (Wildman–Crippen MR) is 102 cm³/mol. The van der Waals surface area contributed by atoms with Crippen LogP contribution in [0.4, 0.5) is 0 Å². The maximum absolute atomic E-state index is 12.4. The second-order valence-corrected chi connectivity index (χ2v) is 7.27. The van der Waals surface area contributed by atoms with Crippen molar-refractivity contribution in [2.24, 2.45) is 5.92 Å². The second kappa shape index (κ2) is 8.17. The third-order valence-corrected chi connectivity index (χ3v) is 4.91. The first-order valence-corrected chi connectivity index (χ1v) is 9.21. The van der Waals surface area contributed by atoms with Crippen molar-refractivity contribution in [1.29, 1.82) is 0 Å². The minimum absolute atomic E-state index is 0.0400. The number of rotatable bonds is 6. The van der Waals surface area contributed by atoms with E-state index < -0.39 is 0 Å². The van der Waals surface area contributed by atoms with Gasteiger partial charge in [-0.1, -0.05) is 68.4 Å². The summed E-state index contributed by atoms with van der Waals surface area (Å²) in [4.78, 5) is 26.4. The molecule has 2 amide bonds. The number of carbonyl (C=O) groups excluding carboxylic acids is 2. The summed E-state index contributed by atoms with van der Waals surface area (Å²) in [6, 6.07) is 18.2. The molecule has 1 aliphatic rings. The van der Waals surface area contributed by atoms with Gasteiger partial charge in [-0.2, -0.15) is 0 Å². The lowest BCUT2D eigenvalue weighted by Gasteiger charge is -2.16. The van der Waals surface area contributed by atoms with E-state index in [0.29, 0.717) is 32.0 Å². The van der Waals surface area contributed by atoms with Crippen LogP contribution in [0.5, 0.6) is 0 Å². The average Bonchev–Trinajstić information content (AvgIpc) is 3.01. The van der Waals surface area contributed by atoms with Crippen molar-refractivity contribution in [1.82, 2.24) is 10.2 Å². The zero-order chi connectivity index (χ0) is 18.5. The Morgan fingerprint density at radius 3 is 2.42 bits per heavy atom. The molecule has 26 heavy (non-hydrogen) atoms. The van der Waals surface area contributed by atoms with Gasteiger partial charge in [0.05, 0.1) is 5.92 Å². The molecule has 2 aromatic rings. The van der Waals surface area contributed by atoms with Gasteiger partial charge in [0.1, 0.15) is 0 Å². The number of hydrogen-bond donors (Lipinski definition) is 1. The van der Waals surface area contributed by atoms with E-state index in [1.54, 1.807) is 4.90 Å². The molecule has 1 N–H and O–H groups in total. The van der Waals surface area contributed by atoms with E-state index in [1.807, 2.05) is 30.3 Å². The molecule has 1 saturated heterocycles. The third-order valence-electron chi connectivity index (χ3n) is 4.91. The van der Waals surface area contributed by atoms with Gasteiger partial charge in [0.2, 0.25) is 11.8 Å². The van der Waals surface area contributed by atoms with Crippen LogP contribution in [0.25, 0.3) is 0 Å². The van der Waals surface area contributed by atoms with Crippen LogP contribution in [-0.4, -0.2) is 23.3 Å². The molecule has 2 aromatic carbocycles. The molecule has 1 atom stereocenters. The highest BCUT2D eigenvalue weighted by Gasteiger charge is 2.34. The Morgan fingerprint density at radius 2 is 1.77 bits per heavy atom. The van der Waals surface area contributed by atoms with Crippen LogP contribution < -0.4 is 5.32 Å². The molecule has 1 aliphatic heterocycles. The van der Waals surface area contributed by atoms with Crippen molar-refractivity contribution in [3.8, 4) is 0 Å². The molecule has 0 saturated carbocycles. The Balaban J connectivity index is 1.51. The van der Waals surface area contributed by atoms with Gasteiger partial charge in [0.25, 0.3) is 0 Å². The molecule has 1 heterocycles. The number of benzene rings is 2. The third kappa shape index (κ3) is 4.51. The van der Waals surface area contributed by atoms with Crippen LogP contribution in [0.15, 0.2) is 54.6 Å². The molecular formula is C22H26N2O2. The molecule has 0 aliphatic carbocycles. The number of amides is 2. The molecule has 1 fully saturated rings. The number of carbonyl (C=O) groups is 2. The fourth-order valence-corrected chi connectivity index (χ4v) is 3.26. The zero-order valence-electron chi connectivity index (χ0n) is 15.4. The van der Waals surface area contributed by atoms with Crippen LogP contribution in [0.1, 0.15) is 42.9 Å². The number of nitrogens with zero attached hydrogens (tertiary/aromatic N) is 1. The van der Waals surface area contributed by atoms with Crippen molar-refractivity contribution in [3.05, 3.63) is 71.3 Å². The fourth-order valence-electron chi connectivity index (χ4n) is 3.26. The fraction of sp³-hybridized carbons (Fsp3) is 0.364. The van der Waals surface area contributed by atoms with Crippen LogP contribution >= 0.6 is 0 Å². The lowest BCUT2D eigenvalue weighted by molar-refractivity contribution is -0.129. The van der Waals surface area contributed by atoms with E-state index >= 15 is 0 Å². The number of nitrogens with one attached hydrogen (secondary N) is 1. The van der Waals surface area contributed by atoms with E-state index in [2.05, 4.69) is 43.4 Å². The van der Waals surface area contributed by atoms with Crippen LogP contribution in [-0.2, 0) is 22.7 Å². The highest BCUT2D eigenvalue weighted by molar-refractivity contribution is 5.89. The maximum atomic E-state index is 12.4. The molecule has 4 nitrogen and oxygen atoms in total. The Morgan fingerprint density at radius 1 is 1.08 bits per heavy atom. The molecule has 0 radical (unpaired) electrons. The van der Waals surface area contributed by atoms with Crippen LogP contribution in [0, 0.1) is 5.92 Å². The summed E-state index contributed by atoms with van der Waals surface area (Å²) in [5.41, 5.74) is 3.46. The quantitative estimate of drug-likeness (QED) is 0.867. The highest BCUT2D eigenvalue weighted by Crippen LogP contribution is 2.21. The first-order valence-electron chi connectivity index (χ1n) is 9.21. The van der Waals surface area contributed by atoms with Crippen molar-refractivity contribution < 1.29 is 9.59 Å². The van der Waals surface area contributed by atoms with Gasteiger partial charge >= 0.3 is 0 Å². The second-order valence-electron chi connectivity index (χ2n) is 7.27. The summed E-state index contributed by atoms with van der Waals surface area (Å²) in [6.07, 6.45) is 0.297. The van der Waals surface area contributed by atoms with E-state index in [9.17, 15) is 9.59 Å². The smallest absolute Gasteiger partial charge is 0.225 e. The van der Waals surface area contributed by atoms with Gasteiger partial charge in [-0.3, -0.25) is 9.59 Å². The van der Waals surface area contributed by atoms with Crippen molar-refractivity contribution in [2.75, 3.05) is 6.54 Å². The van der Waals surface area contributed by atoms with E-state index in [1.165, 1.54) is 5.56 Å². The zero-order valence-corrected chi connectivity index (χ0v) is 15.4. The lowest BCUT2D eigenvalue weighted by atomic mass is 10.0. The Hall–Kier alpha value is -2.62. The monoisotopic (exact) mass is 350 g/mol. The molecule has 0 aromatic heterocycles. The molecule has 0 bridgehead atoms. The van der Waals surface area contributed by atoms with E-state index in [4.69, 9.17) is 0 Å². The van der Waals surface area contributed by atoms with Crippen molar-refractivity contribution in [2.45, 2.75) is 39.3 Å². The van der Waals surface area contributed by atoms with Crippen molar-refractivity contribution in [3.63, 3.8) is 0 Å². The largest absolute Gasteiger partial charge is 0.352 e. The molecule has 3 rings (SSSR count). The van der Waals surface area contributed by atoms with Gasteiger partial charge in [-0.15, -0.1) is 0 Å². The average molecular weight is 350 g/mol. The SMILES string of the molecule is CC(C)c1ccc(CNC(=O)[C@@H]2CC(=O)N(Cc3ccccc3)C2)cc1. The summed E-state index contributed by atoms with van der Waals surface area (Å²) < 4.78 is 0. The lowest BCUT2D eigenvalue weighted by Crippen LogP contribution is -2.32. The normalized spacial score (nSPS) is 17.0. The Bertz CT molecular complexity index is 753. The summed E-state index contributed by atoms with van der Waals surface area (Å²) in [7, 11) is 0. The number of hydrogen-bond acceptors (Lipinski definition) is 2. The standard InChI is InChI=1S/C22H26N2O2/c1-16(2)19-10-8-17(9-11-19)13-23-22(26)20-12-21(25)24(15-20)14-18-6-4-3-5-7-18/h3-11,16,20H,12-15H2,1-2H3,(H,23,26)/t20-/m1/s1. The summed E-state index contributed by atoms with van der Waals surface area (Å²) in [6.45, 7) is 5.89. The molecule has 4 heteroatoms. The summed E-state index contributed by atoms with van der Waals surface area (Å²) in [5, 5.41) is 2.98. The van der Waals surface area contributed by atoms with Gasteiger partial charge in [0, 0.05) is 26.1 Å². The first-order chi connectivity index (χ1) is 12.5. The highest BCUT2D eigenvalue weighted by atomic mass is 16.2. The van der Waals surface area contributed by atoms with Gasteiger partial charge < -0.3 is 10.2 Å². The van der Waals surface area contributed by atoms with Gasteiger partial charge in [-0.25, -0.2) is 0 Å². The molecule has 0 unspecified atom stereocenters. The van der Waals surface area contributed by atoms with Crippen LogP contribution in [0.2, 0.25) is 0 Å². The van der Waals surface area contributed by atoms with Gasteiger partial charge in [-0.05, 0) is 22.6 Å². The summed E-state index contributed by atoms with van der Waals surface area (Å²) in [5.74, 6) is 0.247. The van der Waals surface area contributed by atoms with E-state index in [-0.39, 0.29) is 17.7 Å². The number of likely N-dealkylation sites (tertiary alicyclic amines) is 1. The maximum Gasteiger partial charge on any atom is 0.225 e. The van der Waals surface area contributed by atoms with Gasteiger partial charge in [0.15, 0.2) is 0 Å². The minimum Gasteiger partial charge on any atom is -0.352 e. The van der Waals surface area contributed by atoms with Crippen molar-refractivity contribution >= 4 is 11.8 Å². The van der Waals surface area contributed by atoms with E-state index in [0.717, 1.165) is 11.1 Å². The minimum atomic E-state index is -0.263. The topological polar surface area (TPSA) is 49.4 Å². The molecule has 136 valence electrons. The summed E-state index contributed by atoms with van der Waals surface area (Å²) >= 11 is 0. The predicted octanol–water partition coefficient (Wildman–Crippen LogP) is 3.47. The Labute approximate surface area is 155 Å². The molecular weight excluding hydrogens is 324 g/mol. The Kier molecular flexibility index (Phi) is 5.71. The first kappa shape index (κ1) is 18.2.